The standard InChI is InChI=1S/C16H32N2O2/c1-16(2)8-6-7-12(15(16)17-3)9-18-10-13(19-4)14(11-18)20-5/h12-15,17H,6-11H2,1-5H3. The van der Waals surface area contributed by atoms with Crippen LogP contribution in [0.3, 0.4) is 0 Å². The highest BCUT2D eigenvalue weighted by molar-refractivity contribution is 4.95. The van der Waals surface area contributed by atoms with Gasteiger partial charge in [0.1, 0.15) is 0 Å². The number of hydrogen-bond acceptors (Lipinski definition) is 4. The van der Waals surface area contributed by atoms with Crippen molar-refractivity contribution in [3.05, 3.63) is 0 Å². The lowest BCUT2D eigenvalue weighted by Gasteiger charge is -2.45. The second kappa shape index (κ2) is 6.73. The van der Waals surface area contributed by atoms with Gasteiger partial charge < -0.3 is 14.8 Å². The highest BCUT2D eigenvalue weighted by atomic mass is 16.5. The molecule has 2 rings (SSSR count). The van der Waals surface area contributed by atoms with Crippen molar-refractivity contribution in [1.82, 2.24) is 10.2 Å². The highest BCUT2D eigenvalue weighted by Crippen LogP contribution is 2.39. The molecule has 1 N–H and O–H groups in total. The summed E-state index contributed by atoms with van der Waals surface area (Å²) in [5, 5.41) is 3.58. The molecule has 4 heteroatoms. The predicted molar refractivity (Wildman–Crippen MR) is 82.0 cm³/mol. The molecule has 0 amide bonds. The third-order valence-corrected chi connectivity index (χ3v) is 5.41. The molecule has 1 heterocycles. The van der Waals surface area contributed by atoms with Crippen LogP contribution >= 0.6 is 0 Å². The Morgan fingerprint density at radius 3 is 2.25 bits per heavy atom. The van der Waals surface area contributed by atoms with Gasteiger partial charge in [-0.1, -0.05) is 20.3 Å². The fourth-order valence-electron chi connectivity index (χ4n) is 4.36. The van der Waals surface area contributed by atoms with Gasteiger partial charge in [-0.05, 0) is 31.2 Å². The molecule has 4 nitrogen and oxygen atoms in total. The van der Waals surface area contributed by atoms with E-state index in [1.807, 2.05) is 0 Å². The third-order valence-electron chi connectivity index (χ3n) is 5.41. The van der Waals surface area contributed by atoms with Gasteiger partial charge >= 0.3 is 0 Å². The molecular formula is C16H32N2O2. The first kappa shape index (κ1) is 16.2. The van der Waals surface area contributed by atoms with Crippen molar-refractivity contribution in [3.8, 4) is 0 Å². The topological polar surface area (TPSA) is 33.7 Å². The van der Waals surface area contributed by atoms with E-state index in [1.165, 1.54) is 19.3 Å². The smallest absolute Gasteiger partial charge is 0.0971 e. The zero-order chi connectivity index (χ0) is 14.8. The Balaban J connectivity index is 1.95. The van der Waals surface area contributed by atoms with Crippen LogP contribution in [0.25, 0.3) is 0 Å². The van der Waals surface area contributed by atoms with Crippen LogP contribution < -0.4 is 5.32 Å². The number of ether oxygens (including phenoxy) is 2. The lowest BCUT2D eigenvalue weighted by molar-refractivity contribution is -0.00461. The summed E-state index contributed by atoms with van der Waals surface area (Å²) in [4.78, 5) is 2.53. The summed E-state index contributed by atoms with van der Waals surface area (Å²) in [7, 11) is 5.70. The molecular weight excluding hydrogens is 252 g/mol. The molecule has 2 aliphatic rings. The average Bonchev–Trinajstić information content (AvgIpc) is 2.80. The van der Waals surface area contributed by atoms with E-state index < -0.39 is 0 Å². The Morgan fingerprint density at radius 1 is 1.15 bits per heavy atom. The number of nitrogens with one attached hydrogen (secondary N) is 1. The van der Waals surface area contributed by atoms with Crippen LogP contribution in [0.2, 0.25) is 0 Å². The maximum atomic E-state index is 5.55. The summed E-state index contributed by atoms with van der Waals surface area (Å²) >= 11 is 0. The molecule has 4 atom stereocenters. The Bertz CT molecular complexity index is 297. The zero-order valence-corrected chi connectivity index (χ0v) is 13.8. The van der Waals surface area contributed by atoms with E-state index in [4.69, 9.17) is 9.47 Å². The van der Waals surface area contributed by atoms with E-state index in [-0.39, 0.29) is 12.2 Å². The van der Waals surface area contributed by atoms with E-state index in [0.29, 0.717) is 11.5 Å². The maximum Gasteiger partial charge on any atom is 0.0971 e. The number of likely N-dealkylation sites (tertiary alicyclic amines) is 1. The van der Waals surface area contributed by atoms with Gasteiger partial charge in [0.15, 0.2) is 0 Å². The molecule has 0 radical (unpaired) electrons. The Labute approximate surface area is 124 Å². The molecule has 0 aromatic carbocycles. The van der Waals surface area contributed by atoms with E-state index in [1.54, 1.807) is 14.2 Å². The first-order chi connectivity index (χ1) is 9.51. The van der Waals surface area contributed by atoms with E-state index in [2.05, 4.69) is 31.1 Å². The van der Waals surface area contributed by atoms with Gasteiger partial charge in [-0.3, -0.25) is 4.90 Å². The van der Waals surface area contributed by atoms with Gasteiger partial charge in [0.25, 0.3) is 0 Å². The molecule has 1 aliphatic carbocycles. The summed E-state index contributed by atoms with van der Waals surface area (Å²) in [5.41, 5.74) is 0.401. The minimum Gasteiger partial charge on any atom is -0.377 e. The normalized spacial score (nSPS) is 38.2. The molecule has 20 heavy (non-hydrogen) atoms. The van der Waals surface area contributed by atoms with Gasteiger partial charge in [-0.25, -0.2) is 0 Å². The largest absolute Gasteiger partial charge is 0.377 e. The summed E-state index contributed by atoms with van der Waals surface area (Å²) in [5.74, 6) is 0.733. The number of methoxy groups -OCH3 is 2. The summed E-state index contributed by atoms with van der Waals surface area (Å²) in [6, 6.07) is 0.610. The maximum absolute atomic E-state index is 5.55. The van der Waals surface area contributed by atoms with Crippen LogP contribution in [0.5, 0.6) is 0 Å². The Hall–Kier alpha value is -0.160. The quantitative estimate of drug-likeness (QED) is 0.834. The first-order valence-corrected chi connectivity index (χ1v) is 7.97. The van der Waals surface area contributed by atoms with Crippen molar-refractivity contribution in [2.45, 2.75) is 51.4 Å². The minimum absolute atomic E-state index is 0.227. The van der Waals surface area contributed by atoms with Crippen LogP contribution in [-0.4, -0.2) is 64.1 Å². The van der Waals surface area contributed by atoms with Gasteiger partial charge in [0, 0.05) is 39.9 Å². The first-order valence-electron chi connectivity index (χ1n) is 7.97. The molecule has 0 aromatic heterocycles. The SMILES string of the molecule is CNC1C(CN2CC(OC)C(OC)C2)CCCC1(C)C. The lowest BCUT2D eigenvalue weighted by atomic mass is 9.68. The monoisotopic (exact) mass is 284 g/mol. The van der Waals surface area contributed by atoms with Crippen LogP contribution in [0, 0.1) is 11.3 Å². The van der Waals surface area contributed by atoms with E-state index >= 15 is 0 Å². The molecule has 1 saturated carbocycles. The van der Waals surface area contributed by atoms with Crippen LogP contribution in [-0.2, 0) is 9.47 Å². The molecule has 0 aromatic rings. The third kappa shape index (κ3) is 3.35. The van der Waals surface area contributed by atoms with Crippen LogP contribution in [0.15, 0.2) is 0 Å². The van der Waals surface area contributed by atoms with Crippen molar-refractivity contribution >= 4 is 0 Å². The van der Waals surface area contributed by atoms with Gasteiger partial charge in [0.2, 0.25) is 0 Å². The van der Waals surface area contributed by atoms with Crippen molar-refractivity contribution in [2.75, 3.05) is 40.9 Å². The van der Waals surface area contributed by atoms with Gasteiger partial charge in [-0.2, -0.15) is 0 Å². The predicted octanol–water partition coefficient (Wildman–Crippen LogP) is 1.75. The Morgan fingerprint density at radius 2 is 1.75 bits per heavy atom. The van der Waals surface area contributed by atoms with Gasteiger partial charge in [0.05, 0.1) is 12.2 Å². The number of rotatable bonds is 5. The molecule has 118 valence electrons. The summed E-state index contributed by atoms with van der Waals surface area (Å²) in [6.07, 6.45) is 4.47. The zero-order valence-electron chi connectivity index (χ0n) is 13.8. The second-order valence-electron chi connectivity index (χ2n) is 7.17. The van der Waals surface area contributed by atoms with Crippen molar-refractivity contribution in [1.29, 1.82) is 0 Å². The van der Waals surface area contributed by atoms with Crippen LogP contribution in [0.1, 0.15) is 33.1 Å². The Kier molecular flexibility index (Phi) is 5.46. The minimum atomic E-state index is 0.227. The highest BCUT2D eigenvalue weighted by Gasteiger charge is 2.40. The van der Waals surface area contributed by atoms with E-state index in [0.717, 1.165) is 25.6 Å². The molecule has 1 saturated heterocycles. The van der Waals surface area contributed by atoms with Crippen molar-refractivity contribution < 1.29 is 9.47 Å². The number of hydrogen-bond donors (Lipinski definition) is 1. The van der Waals surface area contributed by atoms with E-state index in [9.17, 15) is 0 Å². The average molecular weight is 284 g/mol. The number of nitrogens with zero attached hydrogens (tertiary/aromatic N) is 1. The molecule has 2 fully saturated rings. The van der Waals surface area contributed by atoms with Gasteiger partial charge in [-0.15, -0.1) is 0 Å². The molecule has 0 bridgehead atoms. The van der Waals surface area contributed by atoms with Crippen molar-refractivity contribution in [2.24, 2.45) is 11.3 Å². The fourth-order valence-corrected chi connectivity index (χ4v) is 4.36. The summed E-state index contributed by atoms with van der Waals surface area (Å²) in [6.45, 7) is 7.97. The molecule has 4 unspecified atom stereocenters. The lowest BCUT2D eigenvalue weighted by Crippen LogP contribution is -2.51. The molecule has 1 aliphatic heterocycles. The van der Waals surface area contributed by atoms with Crippen LogP contribution in [0.4, 0.5) is 0 Å². The molecule has 0 spiro atoms. The second-order valence-corrected chi connectivity index (χ2v) is 7.17. The van der Waals surface area contributed by atoms with Crippen molar-refractivity contribution in [3.63, 3.8) is 0 Å². The fraction of sp³-hybridized carbons (Fsp3) is 1.00. The summed E-state index contributed by atoms with van der Waals surface area (Å²) < 4.78 is 11.1.